The molecule has 13 nitrogen and oxygen atoms in total. The Morgan fingerprint density at radius 1 is 0.833 bits per heavy atom. The maximum Gasteiger partial charge on any atom is 0.331 e. The van der Waals surface area contributed by atoms with Gasteiger partial charge in [0.05, 0.1) is 24.4 Å². The first-order valence-electron chi connectivity index (χ1n) is 17.9. The van der Waals surface area contributed by atoms with Crippen LogP contribution in [0.5, 0.6) is 0 Å². The van der Waals surface area contributed by atoms with Gasteiger partial charge in [0, 0.05) is 11.5 Å². The first-order valence-corrected chi connectivity index (χ1v) is 17.9. The number of aliphatic hydroxyl groups is 7. The van der Waals surface area contributed by atoms with Crippen molar-refractivity contribution in [1.82, 2.24) is 0 Å². The SMILES string of the molecule is C[C@@H]1O[C@@H](O[C@H]2CC[C@@]3(C)C(CC[C@@H]4C3CC[C@]3(C)[C@@H](C5=CC(=O)OC5)CC[C@]43O)C2)[C@H](O[C@@H]2O[C@H](CO)[C@@H](O)[C@H](O)[C@H]2O)[C@H](O)[C@H]1O. The number of carbonyl (C=O) groups is 1. The van der Waals surface area contributed by atoms with E-state index in [4.69, 9.17) is 23.7 Å². The summed E-state index contributed by atoms with van der Waals surface area (Å²) in [4.78, 5) is 11.9. The zero-order valence-electron chi connectivity index (χ0n) is 28.1. The van der Waals surface area contributed by atoms with Gasteiger partial charge in [-0.2, -0.15) is 0 Å². The van der Waals surface area contributed by atoms with Crippen LogP contribution in [0.4, 0.5) is 0 Å². The van der Waals surface area contributed by atoms with Crippen LogP contribution in [0, 0.1) is 34.5 Å². The van der Waals surface area contributed by atoms with E-state index in [9.17, 15) is 40.5 Å². The molecule has 0 amide bonds. The molecule has 3 aliphatic heterocycles. The van der Waals surface area contributed by atoms with Gasteiger partial charge >= 0.3 is 5.97 Å². The maximum absolute atomic E-state index is 12.5. The van der Waals surface area contributed by atoms with Crippen molar-refractivity contribution in [3.63, 3.8) is 0 Å². The van der Waals surface area contributed by atoms with Crippen molar-refractivity contribution in [2.75, 3.05) is 13.2 Å². The highest BCUT2D eigenvalue weighted by Crippen LogP contribution is 2.70. The summed E-state index contributed by atoms with van der Waals surface area (Å²) in [5, 5.41) is 74.9. The number of ether oxygens (including phenoxy) is 5. The zero-order valence-corrected chi connectivity index (χ0v) is 28.1. The van der Waals surface area contributed by atoms with Crippen molar-refractivity contribution < 1.29 is 64.2 Å². The molecule has 0 radical (unpaired) electrons. The highest BCUT2D eigenvalue weighted by molar-refractivity contribution is 5.85. The molecule has 13 heteroatoms. The van der Waals surface area contributed by atoms with E-state index >= 15 is 0 Å². The lowest BCUT2D eigenvalue weighted by atomic mass is 9.43. The van der Waals surface area contributed by atoms with Crippen molar-refractivity contribution in [3.8, 4) is 0 Å². The number of aliphatic hydroxyl groups excluding tert-OH is 6. The number of hydrogen-bond acceptors (Lipinski definition) is 13. The summed E-state index contributed by atoms with van der Waals surface area (Å²) in [6.07, 6.45) is -4.50. The highest BCUT2D eigenvalue weighted by Gasteiger charge is 2.68. The summed E-state index contributed by atoms with van der Waals surface area (Å²) in [5.74, 6) is 0.737. The monoisotopic (exact) mass is 682 g/mol. The summed E-state index contributed by atoms with van der Waals surface area (Å²) in [7, 11) is 0. The maximum atomic E-state index is 12.5. The molecule has 18 atom stereocenters. The fourth-order valence-corrected chi connectivity index (χ4v) is 11.3. The van der Waals surface area contributed by atoms with Gasteiger partial charge in [-0.15, -0.1) is 0 Å². The molecule has 7 rings (SSSR count). The lowest BCUT2D eigenvalue weighted by Gasteiger charge is -2.64. The minimum absolute atomic E-state index is 0.00623. The predicted molar refractivity (Wildman–Crippen MR) is 166 cm³/mol. The van der Waals surface area contributed by atoms with Gasteiger partial charge in [0.1, 0.15) is 49.3 Å². The average Bonchev–Trinajstić information content (AvgIpc) is 3.61. The van der Waals surface area contributed by atoms with E-state index in [1.807, 2.05) is 0 Å². The Kier molecular flexibility index (Phi) is 9.36. The van der Waals surface area contributed by atoms with Crippen molar-refractivity contribution in [2.45, 2.75) is 152 Å². The number of carbonyl (C=O) groups excluding carboxylic acids is 1. The molecule has 6 fully saturated rings. The smallest absolute Gasteiger partial charge is 0.331 e. The van der Waals surface area contributed by atoms with Gasteiger partial charge in [-0.3, -0.25) is 0 Å². The van der Waals surface area contributed by atoms with Crippen LogP contribution < -0.4 is 0 Å². The van der Waals surface area contributed by atoms with Crippen LogP contribution in [-0.4, -0.2) is 128 Å². The fraction of sp³-hybridized carbons (Fsp3) is 0.914. The van der Waals surface area contributed by atoms with Gasteiger partial charge in [-0.1, -0.05) is 13.8 Å². The van der Waals surface area contributed by atoms with Crippen LogP contribution in [0.15, 0.2) is 11.6 Å². The quantitative estimate of drug-likeness (QED) is 0.149. The molecule has 2 unspecified atom stereocenters. The molecule has 2 saturated heterocycles. The second-order valence-electron chi connectivity index (χ2n) is 16.3. The van der Waals surface area contributed by atoms with E-state index in [-0.39, 0.29) is 34.7 Å². The lowest BCUT2D eigenvalue weighted by molar-refractivity contribution is -0.370. The Hall–Kier alpha value is -1.23. The van der Waals surface area contributed by atoms with Crippen LogP contribution in [0.3, 0.4) is 0 Å². The minimum atomic E-state index is -1.69. The Balaban J connectivity index is 1.04. The number of rotatable bonds is 6. The number of esters is 1. The third-order valence-corrected chi connectivity index (χ3v) is 14.2. The van der Waals surface area contributed by atoms with Gasteiger partial charge in [0.15, 0.2) is 12.6 Å². The number of hydrogen-bond donors (Lipinski definition) is 7. The van der Waals surface area contributed by atoms with Crippen LogP contribution >= 0.6 is 0 Å². The minimum Gasteiger partial charge on any atom is -0.458 e. The molecule has 7 N–H and O–H groups in total. The summed E-state index contributed by atoms with van der Waals surface area (Å²) in [6.45, 7) is 5.92. The molecule has 7 aliphatic rings. The zero-order chi connectivity index (χ0) is 34.3. The topological polar surface area (TPSA) is 205 Å². The van der Waals surface area contributed by atoms with Gasteiger partial charge in [-0.25, -0.2) is 4.79 Å². The molecule has 0 spiro atoms. The molecular formula is C35H54O13. The van der Waals surface area contributed by atoms with Crippen LogP contribution in [-0.2, 0) is 28.5 Å². The van der Waals surface area contributed by atoms with Gasteiger partial charge in [0.2, 0.25) is 0 Å². The Labute approximate surface area is 281 Å². The second kappa shape index (κ2) is 12.8. The largest absolute Gasteiger partial charge is 0.458 e. The van der Waals surface area contributed by atoms with Crippen LogP contribution in [0.1, 0.15) is 78.6 Å². The molecule has 0 aromatic carbocycles. The normalized spacial score (nSPS) is 55.3. The van der Waals surface area contributed by atoms with E-state index in [1.165, 1.54) is 0 Å². The molecule has 0 bridgehead atoms. The first-order chi connectivity index (χ1) is 22.7. The molecule has 4 saturated carbocycles. The standard InChI is InChI=1S/C35H54O13/c1-16-25(38)28(41)30(48-31-29(42)27(40)26(39)23(14-36)47-31)32(45-16)46-19-6-9-33(2)18(13-19)4-5-22-21(33)7-10-34(3)20(8-11-35(22,34)43)17-12-24(37)44-15-17/h12,16,18-23,25-32,36,38-43H,4-11,13-15H2,1-3H3/t16-,18?,19-,20+,21?,22+,23+,25-,26+,27-,28+,29+,30+,31-,32-,33-,34+,35-/m0/s1. The average molecular weight is 683 g/mol. The molecule has 3 heterocycles. The molecule has 0 aromatic heterocycles. The Morgan fingerprint density at radius 3 is 2.31 bits per heavy atom. The molecule has 272 valence electrons. The Bertz CT molecular complexity index is 1240. The first kappa shape index (κ1) is 35.2. The van der Waals surface area contributed by atoms with Gasteiger partial charge in [-0.05, 0) is 99.4 Å². The third-order valence-electron chi connectivity index (χ3n) is 14.2. The van der Waals surface area contributed by atoms with Crippen LogP contribution in [0.25, 0.3) is 0 Å². The fourth-order valence-electron chi connectivity index (χ4n) is 11.3. The molecular weight excluding hydrogens is 628 g/mol. The van der Waals surface area contributed by atoms with Crippen LogP contribution in [0.2, 0.25) is 0 Å². The Morgan fingerprint density at radius 2 is 1.60 bits per heavy atom. The van der Waals surface area contributed by atoms with Crippen molar-refractivity contribution in [2.24, 2.45) is 34.5 Å². The number of fused-ring (bicyclic) bond motifs is 5. The van der Waals surface area contributed by atoms with E-state index < -0.39 is 73.6 Å². The highest BCUT2D eigenvalue weighted by atomic mass is 16.8. The van der Waals surface area contributed by atoms with Crippen molar-refractivity contribution in [3.05, 3.63) is 11.6 Å². The summed E-state index contributed by atoms with van der Waals surface area (Å²) >= 11 is 0. The van der Waals surface area contributed by atoms with Gasteiger partial charge in [0.25, 0.3) is 0 Å². The van der Waals surface area contributed by atoms with Crippen molar-refractivity contribution >= 4 is 5.97 Å². The van der Waals surface area contributed by atoms with Gasteiger partial charge < -0.3 is 59.4 Å². The lowest BCUT2D eigenvalue weighted by Crippen LogP contribution is -2.64. The molecule has 48 heavy (non-hydrogen) atoms. The van der Waals surface area contributed by atoms with E-state index in [1.54, 1.807) is 13.0 Å². The summed E-state index contributed by atoms with van der Waals surface area (Å²) in [5.41, 5.74) is -0.0628. The van der Waals surface area contributed by atoms with E-state index in [2.05, 4.69) is 13.8 Å². The summed E-state index contributed by atoms with van der Waals surface area (Å²) in [6, 6.07) is 0. The van der Waals surface area contributed by atoms with E-state index in [0.29, 0.717) is 18.4 Å². The predicted octanol–water partition coefficient (Wildman–Crippen LogP) is 0.280. The van der Waals surface area contributed by atoms with E-state index in [0.717, 1.165) is 63.4 Å². The summed E-state index contributed by atoms with van der Waals surface area (Å²) < 4.78 is 29.2. The third kappa shape index (κ3) is 5.42. The molecule has 4 aliphatic carbocycles. The second-order valence-corrected chi connectivity index (χ2v) is 16.3. The molecule has 0 aromatic rings. The van der Waals surface area contributed by atoms with Crippen molar-refractivity contribution in [1.29, 1.82) is 0 Å². The number of cyclic esters (lactones) is 1.